The van der Waals surface area contributed by atoms with Crippen molar-refractivity contribution in [2.45, 2.75) is 11.6 Å². The zero-order valence-electron chi connectivity index (χ0n) is 13.7. The number of ether oxygens (including phenoxy) is 1. The van der Waals surface area contributed by atoms with E-state index in [0.717, 1.165) is 11.0 Å². The van der Waals surface area contributed by atoms with Gasteiger partial charge < -0.3 is 14.1 Å². The average Bonchev–Trinajstić information content (AvgIpc) is 3.38. The molecule has 0 saturated heterocycles. The number of aromatic amines is 2. The molecule has 0 bridgehead atoms. The molecule has 0 aliphatic carbocycles. The summed E-state index contributed by atoms with van der Waals surface area (Å²) in [5.74, 6) is 1.56. The molecule has 0 atom stereocenters. The van der Waals surface area contributed by atoms with Crippen LogP contribution in [0.5, 0.6) is 5.75 Å². The highest BCUT2D eigenvalue weighted by molar-refractivity contribution is 7.89. The van der Waals surface area contributed by atoms with Gasteiger partial charge in [0.1, 0.15) is 17.3 Å². The van der Waals surface area contributed by atoms with Gasteiger partial charge in [-0.3, -0.25) is 5.10 Å². The fourth-order valence-corrected chi connectivity index (χ4v) is 3.40. The highest BCUT2D eigenvalue weighted by Crippen LogP contribution is 2.23. The Kier molecular flexibility index (Phi) is 3.98. The average molecular weight is 373 g/mol. The number of rotatable bonds is 6. The van der Waals surface area contributed by atoms with Gasteiger partial charge in [0.2, 0.25) is 5.09 Å². The van der Waals surface area contributed by atoms with Crippen LogP contribution >= 0.6 is 0 Å². The fourth-order valence-electron chi connectivity index (χ4n) is 2.49. The van der Waals surface area contributed by atoms with Gasteiger partial charge in [-0.1, -0.05) is 0 Å². The number of imidazole rings is 1. The van der Waals surface area contributed by atoms with Crippen molar-refractivity contribution < 1.29 is 17.6 Å². The molecule has 4 aromatic rings. The van der Waals surface area contributed by atoms with Gasteiger partial charge in [0.15, 0.2) is 5.76 Å². The van der Waals surface area contributed by atoms with Gasteiger partial charge in [-0.25, -0.2) is 18.1 Å². The molecular weight excluding hydrogens is 358 g/mol. The summed E-state index contributed by atoms with van der Waals surface area (Å²) in [6.45, 7) is -0.000576. The van der Waals surface area contributed by atoms with Crippen molar-refractivity contribution >= 4 is 21.1 Å². The first-order valence-corrected chi connectivity index (χ1v) is 9.15. The number of aromatic nitrogens is 4. The molecule has 9 nitrogen and oxygen atoms in total. The summed E-state index contributed by atoms with van der Waals surface area (Å²) in [4.78, 5) is 7.41. The molecule has 3 N–H and O–H groups in total. The molecule has 0 aliphatic heterocycles. The molecule has 0 unspecified atom stereocenters. The first-order valence-electron chi connectivity index (χ1n) is 7.67. The third kappa shape index (κ3) is 3.07. The van der Waals surface area contributed by atoms with Gasteiger partial charge in [-0.05, 0) is 30.3 Å². The normalized spacial score (nSPS) is 11.9. The van der Waals surface area contributed by atoms with Crippen molar-refractivity contribution in [3.05, 3.63) is 48.4 Å². The molecule has 0 saturated carbocycles. The predicted molar refractivity (Wildman–Crippen MR) is 93.0 cm³/mol. The second-order valence-corrected chi connectivity index (χ2v) is 7.18. The van der Waals surface area contributed by atoms with Gasteiger partial charge in [-0.2, -0.15) is 5.10 Å². The molecule has 0 amide bonds. The number of furan rings is 1. The largest absolute Gasteiger partial charge is 0.497 e. The summed E-state index contributed by atoms with van der Waals surface area (Å²) in [6, 6.07) is 10.0. The summed E-state index contributed by atoms with van der Waals surface area (Å²) in [6.07, 6.45) is 1.56. The number of fused-ring (bicyclic) bond motifs is 1. The smallest absolute Gasteiger partial charge is 0.274 e. The lowest BCUT2D eigenvalue weighted by atomic mass is 10.3. The van der Waals surface area contributed by atoms with Crippen LogP contribution in [-0.4, -0.2) is 35.7 Å². The second kappa shape index (κ2) is 6.32. The molecule has 10 heteroatoms. The van der Waals surface area contributed by atoms with Crippen molar-refractivity contribution in [2.75, 3.05) is 7.11 Å². The number of nitrogens with one attached hydrogen (secondary N) is 3. The molecule has 134 valence electrons. The monoisotopic (exact) mass is 373 g/mol. The lowest BCUT2D eigenvalue weighted by Crippen LogP contribution is -2.23. The number of benzene rings is 1. The molecule has 3 heterocycles. The van der Waals surface area contributed by atoms with E-state index >= 15 is 0 Å². The van der Waals surface area contributed by atoms with E-state index in [1.165, 1.54) is 6.07 Å². The number of hydrogen-bond donors (Lipinski definition) is 3. The van der Waals surface area contributed by atoms with E-state index in [4.69, 9.17) is 9.15 Å². The minimum atomic E-state index is -3.81. The summed E-state index contributed by atoms with van der Waals surface area (Å²) >= 11 is 0. The molecule has 26 heavy (non-hydrogen) atoms. The third-order valence-electron chi connectivity index (χ3n) is 3.78. The Morgan fingerprint density at radius 1 is 1.23 bits per heavy atom. The first kappa shape index (κ1) is 16.4. The van der Waals surface area contributed by atoms with Crippen LogP contribution in [0.25, 0.3) is 22.5 Å². The molecule has 1 aromatic carbocycles. The van der Waals surface area contributed by atoms with Gasteiger partial charge in [0.25, 0.3) is 10.0 Å². The SMILES string of the molecule is COc1ccc2nc(CNS(=O)(=O)c3ccc(-c4ccn[nH]4)o3)[nH]c2c1. The molecule has 0 fully saturated rings. The Labute approximate surface area is 148 Å². The maximum Gasteiger partial charge on any atom is 0.274 e. The maximum absolute atomic E-state index is 12.4. The van der Waals surface area contributed by atoms with Crippen LogP contribution in [0.1, 0.15) is 5.82 Å². The molecule has 0 aliphatic rings. The summed E-state index contributed by atoms with van der Waals surface area (Å²) in [5.41, 5.74) is 2.08. The molecule has 0 radical (unpaired) electrons. The van der Waals surface area contributed by atoms with Crippen LogP contribution < -0.4 is 9.46 Å². The van der Waals surface area contributed by atoms with Crippen LogP contribution in [0.3, 0.4) is 0 Å². The van der Waals surface area contributed by atoms with Crippen molar-refractivity contribution in [3.8, 4) is 17.2 Å². The molecule has 4 rings (SSSR count). The van der Waals surface area contributed by atoms with Gasteiger partial charge in [0, 0.05) is 12.3 Å². The Bertz CT molecular complexity index is 1140. The molecular formula is C16H15N5O4S. The number of sulfonamides is 1. The standard InChI is InChI=1S/C16H15N5O4S/c1-24-10-2-3-11-13(8-10)20-15(19-11)9-18-26(22,23)16-5-4-14(25-16)12-6-7-17-21-12/h2-8,18H,9H2,1H3,(H,17,21)(H,19,20). The second-order valence-electron chi connectivity index (χ2n) is 5.48. The Morgan fingerprint density at radius 3 is 2.88 bits per heavy atom. The lowest BCUT2D eigenvalue weighted by Gasteiger charge is -2.01. The molecule has 3 aromatic heterocycles. The van der Waals surface area contributed by atoms with Crippen LogP contribution in [0.15, 0.2) is 52.1 Å². The van der Waals surface area contributed by atoms with Gasteiger partial charge in [-0.15, -0.1) is 0 Å². The van der Waals surface area contributed by atoms with Gasteiger partial charge in [0.05, 0.1) is 24.7 Å². The number of nitrogens with zero attached hydrogens (tertiary/aromatic N) is 2. The van der Waals surface area contributed by atoms with Crippen molar-refractivity contribution in [1.82, 2.24) is 24.9 Å². The Hall–Kier alpha value is -3.11. The van der Waals surface area contributed by atoms with Crippen molar-refractivity contribution in [1.29, 1.82) is 0 Å². The van der Waals surface area contributed by atoms with Crippen LogP contribution in [-0.2, 0) is 16.6 Å². The van der Waals surface area contributed by atoms with Crippen molar-refractivity contribution in [3.63, 3.8) is 0 Å². The minimum Gasteiger partial charge on any atom is -0.497 e. The Morgan fingerprint density at radius 2 is 2.12 bits per heavy atom. The summed E-state index contributed by atoms with van der Waals surface area (Å²) < 4.78 is 37.9. The highest BCUT2D eigenvalue weighted by atomic mass is 32.2. The van der Waals surface area contributed by atoms with E-state index in [1.807, 2.05) is 0 Å². The summed E-state index contributed by atoms with van der Waals surface area (Å²) in [7, 11) is -2.24. The van der Waals surface area contributed by atoms with Crippen LogP contribution in [0.2, 0.25) is 0 Å². The van der Waals surface area contributed by atoms with E-state index in [9.17, 15) is 8.42 Å². The van der Waals surface area contributed by atoms with Gasteiger partial charge >= 0.3 is 0 Å². The topological polar surface area (TPSA) is 126 Å². The quantitative estimate of drug-likeness (QED) is 0.475. The van der Waals surface area contributed by atoms with Crippen molar-refractivity contribution in [2.24, 2.45) is 0 Å². The number of methoxy groups -OCH3 is 1. The predicted octanol–water partition coefficient (Wildman–Crippen LogP) is 2.03. The highest BCUT2D eigenvalue weighted by Gasteiger charge is 2.20. The number of H-pyrrole nitrogens is 2. The van der Waals surface area contributed by atoms with Crippen LogP contribution in [0.4, 0.5) is 0 Å². The van der Waals surface area contributed by atoms with Crippen LogP contribution in [0, 0.1) is 0 Å². The maximum atomic E-state index is 12.4. The van der Waals surface area contributed by atoms with E-state index in [2.05, 4.69) is 24.9 Å². The first-order chi connectivity index (χ1) is 12.5. The molecule has 0 spiro atoms. The van der Waals surface area contributed by atoms with E-state index in [0.29, 0.717) is 23.0 Å². The Balaban J connectivity index is 1.51. The zero-order valence-corrected chi connectivity index (χ0v) is 14.5. The van der Waals surface area contributed by atoms with E-state index in [1.54, 1.807) is 43.6 Å². The zero-order chi connectivity index (χ0) is 18.1. The van der Waals surface area contributed by atoms with E-state index in [-0.39, 0.29) is 11.6 Å². The lowest BCUT2D eigenvalue weighted by molar-refractivity contribution is 0.415. The fraction of sp³-hybridized carbons (Fsp3) is 0.125. The minimum absolute atomic E-state index is 0.000576. The number of hydrogen-bond acceptors (Lipinski definition) is 6. The van der Waals surface area contributed by atoms with E-state index < -0.39 is 10.0 Å². The summed E-state index contributed by atoms with van der Waals surface area (Å²) in [5, 5.41) is 6.34. The third-order valence-corrected chi connectivity index (χ3v) is 5.05.